The van der Waals surface area contributed by atoms with Crippen LogP contribution in [0.25, 0.3) is 0 Å². The third kappa shape index (κ3) is 1.57. The van der Waals surface area contributed by atoms with Gasteiger partial charge in [0, 0.05) is 0 Å². The Morgan fingerprint density at radius 3 is 2.27 bits per heavy atom. The molecule has 0 aromatic heterocycles. The molecule has 0 amide bonds. The lowest BCUT2D eigenvalue weighted by molar-refractivity contribution is 0.0799. The second kappa shape index (κ2) is 3.96. The zero-order chi connectivity index (χ0) is 10.1. The Labute approximate surface area is 94.1 Å². The highest BCUT2D eigenvalue weighted by molar-refractivity contribution is 5.21. The van der Waals surface area contributed by atoms with Gasteiger partial charge in [-0.05, 0) is 56.3 Å². The molecule has 0 bridgehead atoms. The van der Waals surface area contributed by atoms with E-state index in [-0.39, 0.29) is 0 Å². The highest BCUT2D eigenvalue weighted by atomic mass is 14.5. The van der Waals surface area contributed by atoms with Gasteiger partial charge in [0.25, 0.3) is 0 Å². The maximum absolute atomic E-state index is 2.61. The second-order valence-electron chi connectivity index (χ2n) is 5.97. The van der Waals surface area contributed by atoms with Crippen molar-refractivity contribution < 1.29 is 0 Å². The molecule has 0 heteroatoms. The minimum atomic E-state index is 0.715. The Kier molecular flexibility index (Phi) is 2.62. The maximum Gasteiger partial charge on any atom is -0.00599 e. The molecule has 0 atom stereocenters. The average Bonchev–Trinajstić information content (AvgIpc) is 2.83. The number of hydrogen-bond acceptors (Lipinski definition) is 0. The first-order valence-electron chi connectivity index (χ1n) is 7.11. The molecule has 3 aliphatic carbocycles. The van der Waals surface area contributed by atoms with E-state index in [0.717, 1.165) is 5.92 Å². The van der Waals surface area contributed by atoms with E-state index in [4.69, 9.17) is 0 Å². The summed E-state index contributed by atoms with van der Waals surface area (Å²) in [5.74, 6) is 1.07. The summed E-state index contributed by atoms with van der Waals surface area (Å²) in [5.41, 5.74) is 2.61. The highest BCUT2D eigenvalue weighted by Gasteiger charge is 2.44. The van der Waals surface area contributed by atoms with E-state index in [9.17, 15) is 0 Å². The molecular weight excluding hydrogens is 180 g/mol. The Morgan fingerprint density at radius 2 is 1.67 bits per heavy atom. The fourth-order valence-corrected chi connectivity index (χ4v) is 4.60. The van der Waals surface area contributed by atoms with Gasteiger partial charge in [-0.25, -0.2) is 0 Å². The van der Waals surface area contributed by atoms with Crippen molar-refractivity contribution in [2.45, 2.75) is 70.6 Å². The summed E-state index contributed by atoms with van der Waals surface area (Å²) in [7, 11) is 0. The predicted molar refractivity (Wildman–Crippen MR) is 64.8 cm³/mol. The van der Waals surface area contributed by atoms with E-state index in [1.165, 1.54) is 70.6 Å². The smallest absolute Gasteiger partial charge is 0.00599 e. The summed E-state index contributed by atoms with van der Waals surface area (Å²) >= 11 is 0. The van der Waals surface area contributed by atoms with Crippen LogP contribution >= 0.6 is 0 Å². The molecule has 0 saturated heterocycles. The molecule has 84 valence electrons. The average molecular weight is 204 g/mol. The number of hydrogen-bond donors (Lipinski definition) is 0. The molecule has 3 aliphatic rings. The van der Waals surface area contributed by atoms with Crippen LogP contribution in [-0.4, -0.2) is 0 Å². The first-order chi connectivity index (χ1) is 7.42. The van der Waals surface area contributed by atoms with Crippen molar-refractivity contribution in [2.75, 3.05) is 0 Å². The van der Waals surface area contributed by atoms with Crippen LogP contribution in [0.1, 0.15) is 70.6 Å². The minimum Gasteiger partial charge on any atom is -0.0847 e. The van der Waals surface area contributed by atoms with Gasteiger partial charge in [0.05, 0.1) is 0 Å². The molecule has 0 spiro atoms. The van der Waals surface area contributed by atoms with E-state index in [1.54, 1.807) is 0 Å². The molecular formula is C15H24. The molecule has 15 heavy (non-hydrogen) atoms. The van der Waals surface area contributed by atoms with E-state index < -0.39 is 0 Å². The van der Waals surface area contributed by atoms with Gasteiger partial charge in [-0.15, -0.1) is 0 Å². The molecule has 0 heterocycles. The van der Waals surface area contributed by atoms with Crippen molar-refractivity contribution >= 4 is 0 Å². The van der Waals surface area contributed by atoms with E-state index in [0.29, 0.717) is 5.41 Å². The first-order valence-corrected chi connectivity index (χ1v) is 7.11. The summed E-state index contributed by atoms with van der Waals surface area (Å²) in [6.07, 6.45) is 19.1. The highest BCUT2D eigenvalue weighted by Crippen LogP contribution is 2.56. The molecule has 2 saturated carbocycles. The third-order valence-corrected chi connectivity index (χ3v) is 5.31. The Hall–Kier alpha value is -0.260. The Bertz CT molecular complexity index is 249. The Balaban J connectivity index is 1.89. The van der Waals surface area contributed by atoms with Crippen LogP contribution in [0.3, 0.4) is 0 Å². The SMILES string of the molecule is C1=C(C23CCCCC2CCCC3)CCC1. The fourth-order valence-electron chi connectivity index (χ4n) is 4.60. The lowest BCUT2D eigenvalue weighted by atomic mass is 9.56. The lowest BCUT2D eigenvalue weighted by Crippen LogP contribution is -2.37. The fraction of sp³-hybridized carbons (Fsp3) is 0.867. The van der Waals surface area contributed by atoms with Crippen LogP contribution in [-0.2, 0) is 0 Å². The minimum absolute atomic E-state index is 0.715. The molecule has 0 unspecified atom stereocenters. The summed E-state index contributed by atoms with van der Waals surface area (Å²) in [5, 5.41) is 0. The topological polar surface area (TPSA) is 0 Å². The van der Waals surface area contributed by atoms with Gasteiger partial charge in [-0.1, -0.05) is 37.3 Å². The van der Waals surface area contributed by atoms with Gasteiger partial charge >= 0.3 is 0 Å². The molecule has 3 rings (SSSR count). The largest absolute Gasteiger partial charge is 0.0847 e. The molecule has 0 aliphatic heterocycles. The van der Waals surface area contributed by atoms with Crippen LogP contribution in [0.5, 0.6) is 0 Å². The molecule has 0 aromatic rings. The predicted octanol–water partition coefficient (Wildman–Crippen LogP) is 4.85. The lowest BCUT2D eigenvalue weighted by Gasteiger charge is -2.49. The van der Waals surface area contributed by atoms with Gasteiger partial charge < -0.3 is 0 Å². The van der Waals surface area contributed by atoms with Crippen LogP contribution in [0.2, 0.25) is 0 Å². The summed E-state index contributed by atoms with van der Waals surface area (Å²) in [6, 6.07) is 0. The monoisotopic (exact) mass is 204 g/mol. The summed E-state index contributed by atoms with van der Waals surface area (Å²) in [6.45, 7) is 0. The molecule has 0 radical (unpaired) electrons. The van der Waals surface area contributed by atoms with Gasteiger partial charge in [0.15, 0.2) is 0 Å². The van der Waals surface area contributed by atoms with Gasteiger partial charge in [-0.3, -0.25) is 0 Å². The van der Waals surface area contributed by atoms with Crippen LogP contribution < -0.4 is 0 Å². The van der Waals surface area contributed by atoms with Gasteiger partial charge in [0.1, 0.15) is 0 Å². The second-order valence-corrected chi connectivity index (χ2v) is 5.97. The van der Waals surface area contributed by atoms with Gasteiger partial charge in [0.2, 0.25) is 0 Å². The van der Waals surface area contributed by atoms with Crippen LogP contribution in [0.4, 0.5) is 0 Å². The zero-order valence-electron chi connectivity index (χ0n) is 9.93. The van der Waals surface area contributed by atoms with Crippen molar-refractivity contribution in [3.8, 4) is 0 Å². The molecule has 0 aromatic carbocycles. The number of rotatable bonds is 1. The van der Waals surface area contributed by atoms with E-state index in [1.807, 2.05) is 5.57 Å². The van der Waals surface area contributed by atoms with Crippen molar-refractivity contribution in [2.24, 2.45) is 11.3 Å². The zero-order valence-corrected chi connectivity index (χ0v) is 9.93. The van der Waals surface area contributed by atoms with Crippen molar-refractivity contribution in [1.82, 2.24) is 0 Å². The first kappa shape index (κ1) is 9.93. The third-order valence-electron chi connectivity index (χ3n) is 5.31. The van der Waals surface area contributed by atoms with Crippen molar-refractivity contribution in [3.63, 3.8) is 0 Å². The number of allylic oxidation sites excluding steroid dienone is 2. The Morgan fingerprint density at radius 1 is 0.933 bits per heavy atom. The maximum atomic E-state index is 2.61. The van der Waals surface area contributed by atoms with Crippen molar-refractivity contribution in [3.05, 3.63) is 11.6 Å². The number of fused-ring (bicyclic) bond motifs is 1. The van der Waals surface area contributed by atoms with Gasteiger partial charge in [-0.2, -0.15) is 0 Å². The molecule has 0 nitrogen and oxygen atoms in total. The standard InChI is InChI=1S/C15H24/c1-2-8-13(7-1)15-11-5-3-9-14(15)10-4-6-12-15/h7,14H,1-6,8-12H2. The van der Waals surface area contributed by atoms with Crippen LogP contribution in [0, 0.1) is 11.3 Å². The van der Waals surface area contributed by atoms with E-state index in [2.05, 4.69) is 6.08 Å². The van der Waals surface area contributed by atoms with Crippen LogP contribution in [0.15, 0.2) is 11.6 Å². The van der Waals surface area contributed by atoms with Crippen molar-refractivity contribution in [1.29, 1.82) is 0 Å². The normalized spacial score (nSPS) is 41.1. The molecule has 0 N–H and O–H groups in total. The quantitative estimate of drug-likeness (QED) is 0.536. The summed E-state index contributed by atoms with van der Waals surface area (Å²) < 4.78 is 0. The summed E-state index contributed by atoms with van der Waals surface area (Å²) in [4.78, 5) is 0. The van der Waals surface area contributed by atoms with E-state index >= 15 is 0 Å². The molecule has 2 fully saturated rings.